The standard InChI is InChI=1S/C23H20F3N5O2/c1-13-17(16-11-27-29(2)12-16)18-19(24)20(31(26)22(18)28-21(13)25)14-3-5-15(6-4-14)23(32)30-7-9-33-10-8-30/h3-6,11-12H,7-10H2,1-2H3. The summed E-state index contributed by atoms with van der Waals surface area (Å²) in [5, 5.41) is 3.93. The van der Waals surface area contributed by atoms with Crippen molar-refractivity contribution in [2.45, 2.75) is 6.92 Å². The molecule has 5 rings (SSSR count). The molecule has 10 heteroatoms. The zero-order valence-electron chi connectivity index (χ0n) is 18.0. The third-order valence-electron chi connectivity index (χ3n) is 5.87. The summed E-state index contributed by atoms with van der Waals surface area (Å²) < 4.78 is 52.2. The second kappa shape index (κ2) is 8.04. The molecule has 0 N–H and O–H groups in total. The van der Waals surface area contributed by atoms with E-state index in [0.717, 1.165) is 0 Å². The fourth-order valence-corrected chi connectivity index (χ4v) is 4.17. The maximum absolute atomic E-state index is 15.7. The van der Waals surface area contributed by atoms with Crippen molar-refractivity contribution in [1.29, 1.82) is 0 Å². The fraction of sp³-hybridized carbons (Fsp3) is 0.261. The van der Waals surface area contributed by atoms with E-state index in [2.05, 4.69) is 10.1 Å². The Morgan fingerprint density at radius 2 is 1.79 bits per heavy atom. The number of morpholine rings is 1. The summed E-state index contributed by atoms with van der Waals surface area (Å²) in [4.78, 5) is 18.0. The van der Waals surface area contributed by atoms with Crippen molar-refractivity contribution in [3.05, 3.63) is 59.6 Å². The van der Waals surface area contributed by atoms with Crippen LogP contribution in [0.3, 0.4) is 0 Å². The Labute approximate surface area is 186 Å². The zero-order valence-corrected chi connectivity index (χ0v) is 18.0. The second-order valence-corrected chi connectivity index (χ2v) is 7.93. The Hall–Kier alpha value is -3.66. The smallest absolute Gasteiger partial charge is 0.254 e. The van der Waals surface area contributed by atoms with Gasteiger partial charge in [-0.2, -0.15) is 19.3 Å². The minimum absolute atomic E-state index is 0.0475. The maximum atomic E-state index is 15.7. The highest BCUT2D eigenvalue weighted by Gasteiger charge is 2.27. The summed E-state index contributed by atoms with van der Waals surface area (Å²) in [5.41, 5.74) is 0.484. The lowest BCUT2D eigenvalue weighted by Crippen LogP contribution is -2.40. The largest absolute Gasteiger partial charge is 0.378 e. The summed E-state index contributed by atoms with van der Waals surface area (Å²) in [6.07, 6.45) is 3.06. The number of nitrogens with zero attached hydrogens (tertiary/aromatic N) is 5. The quantitative estimate of drug-likeness (QED) is 0.440. The van der Waals surface area contributed by atoms with Crippen molar-refractivity contribution in [1.82, 2.24) is 24.5 Å². The van der Waals surface area contributed by atoms with Crippen molar-refractivity contribution in [2.24, 2.45) is 7.05 Å². The first-order valence-electron chi connectivity index (χ1n) is 10.4. The van der Waals surface area contributed by atoms with Gasteiger partial charge in [-0.05, 0) is 19.1 Å². The number of aromatic nitrogens is 4. The molecule has 170 valence electrons. The van der Waals surface area contributed by atoms with Crippen LogP contribution in [0.15, 0.2) is 36.7 Å². The van der Waals surface area contributed by atoms with Crippen LogP contribution >= 0.6 is 0 Å². The lowest BCUT2D eigenvalue weighted by Gasteiger charge is -2.26. The van der Waals surface area contributed by atoms with E-state index in [1.165, 1.54) is 42.1 Å². The Morgan fingerprint density at radius 1 is 1.09 bits per heavy atom. The van der Waals surface area contributed by atoms with E-state index in [1.54, 1.807) is 18.1 Å². The van der Waals surface area contributed by atoms with Gasteiger partial charge < -0.3 is 9.64 Å². The van der Waals surface area contributed by atoms with Gasteiger partial charge in [0, 0.05) is 54.2 Å². The van der Waals surface area contributed by atoms with Gasteiger partial charge in [0.15, 0.2) is 11.5 Å². The van der Waals surface area contributed by atoms with Crippen LogP contribution in [-0.2, 0) is 11.8 Å². The van der Waals surface area contributed by atoms with Crippen LogP contribution in [0, 0.1) is 18.7 Å². The second-order valence-electron chi connectivity index (χ2n) is 7.93. The minimum Gasteiger partial charge on any atom is -0.378 e. The molecule has 7 nitrogen and oxygen atoms in total. The van der Waals surface area contributed by atoms with E-state index >= 15 is 8.87 Å². The van der Waals surface area contributed by atoms with Crippen LogP contribution < -0.4 is 0 Å². The van der Waals surface area contributed by atoms with Crippen LogP contribution in [0.1, 0.15) is 15.9 Å². The molecule has 4 aromatic rings. The van der Waals surface area contributed by atoms with E-state index in [0.29, 0.717) is 37.4 Å². The predicted molar refractivity (Wildman–Crippen MR) is 115 cm³/mol. The number of amides is 1. The monoisotopic (exact) mass is 455 g/mol. The van der Waals surface area contributed by atoms with E-state index in [4.69, 9.17) is 4.74 Å². The molecular weight excluding hydrogens is 435 g/mol. The highest BCUT2D eigenvalue weighted by Crippen LogP contribution is 2.39. The summed E-state index contributed by atoms with van der Waals surface area (Å²) in [5.74, 6) is -1.94. The molecular formula is C23H20F3N5O2. The van der Waals surface area contributed by atoms with Gasteiger partial charge >= 0.3 is 0 Å². The van der Waals surface area contributed by atoms with Crippen LogP contribution in [0.5, 0.6) is 0 Å². The average molecular weight is 455 g/mol. The molecule has 0 saturated carbocycles. The summed E-state index contributed by atoms with van der Waals surface area (Å²) >= 11 is 0. The summed E-state index contributed by atoms with van der Waals surface area (Å²) in [6.45, 7) is 3.38. The number of aryl methyl sites for hydroxylation is 1. The van der Waals surface area contributed by atoms with Crippen LogP contribution in [0.4, 0.5) is 13.3 Å². The molecule has 1 aliphatic rings. The first-order chi connectivity index (χ1) is 15.9. The zero-order chi connectivity index (χ0) is 23.3. The summed E-state index contributed by atoms with van der Waals surface area (Å²) in [7, 11) is 1.68. The molecule has 1 amide bonds. The topological polar surface area (TPSA) is 65.2 Å². The third kappa shape index (κ3) is 3.46. The van der Waals surface area contributed by atoms with Gasteiger partial charge in [-0.15, -0.1) is 0 Å². The first-order valence-corrected chi connectivity index (χ1v) is 10.4. The van der Waals surface area contributed by atoms with Crippen molar-refractivity contribution >= 4 is 16.9 Å². The molecule has 0 unspecified atom stereocenters. The Morgan fingerprint density at radius 3 is 2.42 bits per heavy atom. The van der Waals surface area contributed by atoms with E-state index < -0.39 is 23.1 Å². The van der Waals surface area contributed by atoms with Gasteiger partial charge in [-0.25, -0.2) is 4.39 Å². The van der Waals surface area contributed by atoms with Crippen molar-refractivity contribution in [2.75, 3.05) is 26.3 Å². The average Bonchev–Trinajstić information content (AvgIpc) is 3.36. The molecule has 0 aliphatic carbocycles. The lowest BCUT2D eigenvalue weighted by molar-refractivity contribution is 0.0303. The van der Waals surface area contributed by atoms with E-state index in [1.807, 2.05) is 0 Å². The Kier molecular flexibility index (Phi) is 5.16. The molecule has 1 aromatic carbocycles. The number of pyridine rings is 1. The number of hydrogen-bond acceptors (Lipinski definition) is 4. The number of halogens is 3. The Bertz CT molecular complexity index is 1370. The van der Waals surface area contributed by atoms with Crippen molar-refractivity contribution in [3.63, 3.8) is 0 Å². The van der Waals surface area contributed by atoms with Crippen LogP contribution in [-0.4, -0.2) is 56.7 Å². The molecule has 3 aromatic heterocycles. The lowest BCUT2D eigenvalue weighted by atomic mass is 10.0. The van der Waals surface area contributed by atoms with Gasteiger partial charge in [0.1, 0.15) is 5.69 Å². The van der Waals surface area contributed by atoms with E-state index in [-0.39, 0.29) is 32.8 Å². The molecule has 0 spiro atoms. The molecule has 0 bridgehead atoms. The van der Waals surface area contributed by atoms with Gasteiger partial charge in [0.25, 0.3) is 5.91 Å². The molecule has 33 heavy (non-hydrogen) atoms. The number of carbonyl (C=O) groups is 1. The Balaban J connectivity index is 1.61. The number of fused-ring (bicyclic) bond motifs is 1. The van der Waals surface area contributed by atoms with Crippen LogP contribution in [0.2, 0.25) is 0 Å². The number of ether oxygens (including phenoxy) is 1. The van der Waals surface area contributed by atoms with Gasteiger partial charge in [0.05, 0.1) is 24.8 Å². The minimum atomic E-state index is -0.893. The summed E-state index contributed by atoms with van der Waals surface area (Å²) in [6, 6.07) is 5.97. The maximum Gasteiger partial charge on any atom is 0.254 e. The van der Waals surface area contributed by atoms with Crippen molar-refractivity contribution in [3.8, 4) is 22.4 Å². The number of carbonyl (C=O) groups excluding carboxylic acids is 1. The normalized spacial score (nSPS) is 14.3. The molecule has 4 heterocycles. The number of rotatable bonds is 3. The van der Waals surface area contributed by atoms with E-state index in [9.17, 15) is 9.18 Å². The first kappa shape index (κ1) is 21.2. The highest BCUT2D eigenvalue weighted by molar-refractivity contribution is 5.99. The SMILES string of the molecule is Cc1c(F)nc2c(c(F)c(-c3ccc(C(=O)N4CCOCC4)cc3)n2F)c1-c1cnn(C)c1. The molecule has 0 atom stereocenters. The van der Waals surface area contributed by atoms with Gasteiger partial charge in [-0.1, -0.05) is 16.6 Å². The van der Waals surface area contributed by atoms with Crippen LogP contribution in [0.25, 0.3) is 33.4 Å². The molecule has 1 aliphatic heterocycles. The fourth-order valence-electron chi connectivity index (χ4n) is 4.17. The van der Waals surface area contributed by atoms with Crippen molar-refractivity contribution < 1.29 is 22.8 Å². The number of hydrogen-bond donors (Lipinski definition) is 0. The van der Waals surface area contributed by atoms with Gasteiger partial charge in [-0.3, -0.25) is 9.48 Å². The molecule has 1 fully saturated rings. The molecule has 1 saturated heterocycles. The molecule has 0 radical (unpaired) electrons. The third-order valence-corrected chi connectivity index (χ3v) is 5.87. The number of benzene rings is 1. The van der Waals surface area contributed by atoms with Gasteiger partial charge in [0.2, 0.25) is 5.95 Å². The highest BCUT2D eigenvalue weighted by atomic mass is 19.2. The predicted octanol–water partition coefficient (Wildman–Crippen LogP) is 3.90.